The molecule has 0 bridgehead atoms. The summed E-state index contributed by atoms with van der Waals surface area (Å²) in [5.74, 6) is 0.249. The van der Waals surface area contributed by atoms with E-state index in [4.69, 9.17) is 11.6 Å². The van der Waals surface area contributed by atoms with Gasteiger partial charge < -0.3 is 10.4 Å². The van der Waals surface area contributed by atoms with Crippen LogP contribution < -0.4 is 5.32 Å². The Morgan fingerprint density at radius 1 is 1.47 bits per heavy atom. The Bertz CT molecular complexity index is 346. The van der Waals surface area contributed by atoms with Crippen LogP contribution in [0, 0.1) is 0 Å². The highest BCUT2D eigenvalue weighted by atomic mass is 79.9. The number of unbranched alkanes of at least 4 members (excludes halogenated alkanes) is 1. The molecule has 0 heterocycles. The van der Waals surface area contributed by atoms with Gasteiger partial charge in [0.05, 0.1) is 12.0 Å². The van der Waals surface area contributed by atoms with Crippen molar-refractivity contribution in [3.8, 4) is 0 Å². The summed E-state index contributed by atoms with van der Waals surface area (Å²) in [4.78, 5) is 0. The largest absolute Gasteiger partial charge is 0.390 e. The van der Waals surface area contributed by atoms with E-state index in [0.29, 0.717) is 6.54 Å². The number of rotatable bonds is 7. The molecule has 0 fully saturated rings. The molecule has 1 aromatic rings. The lowest BCUT2D eigenvalue weighted by atomic mass is 10.1. The van der Waals surface area contributed by atoms with E-state index < -0.39 is 6.10 Å². The number of aliphatic hydroxyl groups is 1. The predicted octanol–water partition coefficient (Wildman–Crippen LogP) is 3.80. The second kappa shape index (κ2) is 7.96. The van der Waals surface area contributed by atoms with Gasteiger partial charge in [0, 0.05) is 16.7 Å². The smallest absolute Gasteiger partial charge is 0.0847 e. The summed E-state index contributed by atoms with van der Waals surface area (Å²) in [7, 11) is 0. The Labute approximate surface area is 117 Å². The van der Waals surface area contributed by atoms with Crippen molar-refractivity contribution < 1.29 is 5.11 Å². The number of aryl methyl sites for hydroxylation is 1. The lowest BCUT2D eigenvalue weighted by molar-refractivity contribution is 0.211. The SMILES string of the molecule is CCCCc1ccc(NCC(O)CCl)c(Br)c1. The zero-order valence-corrected chi connectivity index (χ0v) is 12.4. The van der Waals surface area contributed by atoms with E-state index >= 15 is 0 Å². The molecule has 1 unspecified atom stereocenters. The first kappa shape index (κ1) is 14.8. The van der Waals surface area contributed by atoms with Crippen molar-refractivity contribution >= 4 is 33.2 Å². The van der Waals surface area contributed by atoms with Gasteiger partial charge in [-0.2, -0.15) is 0 Å². The molecule has 0 aliphatic rings. The third-order valence-electron chi connectivity index (χ3n) is 2.56. The Balaban J connectivity index is 2.56. The van der Waals surface area contributed by atoms with E-state index in [9.17, 15) is 5.11 Å². The van der Waals surface area contributed by atoms with Gasteiger partial charge in [0.25, 0.3) is 0 Å². The average molecular weight is 321 g/mol. The third kappa shape index (κ3) is 5.28. The molecule has 0 saturated heterocycles. The summed E-state index contributed by atoms with van der Waals surface area (Å²) < 4.78 is 1.04. The topological polar surface area (TPSA) is 32.3 Å². The van der Waals surface area contributed by atoms with E-state index in [1.165, 1.54) is 18.4 Å². The highest BCUT2D eigenvalue weighted by molar-refractivity contribution is 9.10. The number of hydrogen-bond donors (Lipinski definition) is 2. The van der Waals surface area contributed by atoms with Crippen LogP contribution in [0.2, 0.25) is 0 Å². The number of aliphatic hydroxyl groups excluding tert-OH is 1. The van der Waals surface area contributed by atoms with Crippen LogP contribution in [0.15, 0.2) is 22.7 Å². The van der Waals surface area contributed by atoms with Crippen molar-refractivity contribution in [1.29, 1.82) is 0 Å². The predicted molar refractivity (Wildman–Crippen MR) is 78.0 cm³/mol. The number of nitrogens with one attached hydrogen (secondary N) is 1. The molecular formula is C13H19BrClNO. The second-order valence-corrected chi connectivity index (χ2v) is 5.27. The van der Waals surface area contributed by atoms with Gasteiger partial charge in [-0.05, 0) is 46.5 Å². The number of alkyl halides is 1. The zero-order valence-electron chi connectivity index (χ0n) is 10.0. The maximum atomic E-state index is 9.37. The average Bonchev–Trinajstić information content (AvgIpc) is 2.34. The van der Waals surface area contributed by atoms with Crippen LogP contribution in [0.3, 0.4) is 0 Å². The van der Waals surface area contributed by atoms with Gasteiger partial charge in [0.2, 0.25) is 0 Å². The first-order valence-electron chi connectivity index (χ1n) is 5.93. The summed E-state index contributed by atoms with van der Waals surface area (Å²) in [5, 5.41) is 12.5. The molecular weight excluding hydrogens is 302 g/mol. The Hall–Kier alpha value is -0.250. The number of benzene rings is 1. The molecule has 4 heteroatoms. The van der Waals surface area contributed by atoms with E-state index in [2.05, 4.69) is 40.3 Å². The first-order chi connectivity index (χ1) is 8.17. The number of hydrogen-bond acceptors (Lipinski definition) is 2. The summed E-state index contributed by atoms with van der Waals surface area (Å²) in [6, 6.07) is 6.29. The van der Waals surface area contributed by atoms with E-state index in [-0.39, 0.29) is 5.88 Å². The fourth-order valence-corrected chi connectivity index (χ4v) is 2.20. The monoisotopic (exact) mass is 319 g/mol. The molecule has 2 nitrogen and oxygen atoms in total. The maximum Gasteiger partial charge on any atom is 0.0847 e. The fourth-order valence-electron chi connectivity index (χ4n) is 1.52. The van der Waals surface area contributed by atoms with Gasteiger partial charge in [0.15, 0.2) is 0 Å². The third-order valence-corrected chi connectivity index (χ3v) is 3.57. The van der Waals surface area contributed by atoms with Crippen molar-refractivity contribution in [1.82, 2.24) is 0 Å². The molecule has 96 valence electrons. The van der Waals surface area contributed by atoms with Gasteiger partial charge in [-0.25, -0.2) is 0 Å². The van der Waals surface area contributed by atoms with Crippen molar-refractivity contribution in [2.24, 2.45) is 0 Å². The van der Waals surface area contributed by atoms with Crippen LogP contribution in [0.1, 0.15) is 25.3 Å². The number of halogens is 2. The van der Waals surface area contributed by atoms with Crippen LogP contribution in [0.25, 0.3) is 0 Å². The lowest BCUT2D eigenvalue weighted by Gasteiger charge is -2.12. The van der Waals surface area contributed by atoms with Gasteiger partial charge in [-0.1, -0.05) is 19.4 Å². The number of anilines is 1. The molecule has 0 saturated carbocycles. The Kier molecular flexibility index (Phi) is 6.93. The molecule has 0 spiro atoms. The Morgan fingerprint density at radius 3 is 2.82 bits per heavy atom. The maximum absolute atomic E-state index is 9.37. The lowest BCUT2D eigenvalue weighted by Crippen LogP contribution is -2.20. The minimum absolute atomic E-state index is 0.249. The molecule has 0 aliphatic heterocycles. The summed E-state index contributed by atoms with van der Waals surface area (Å²) >= 11 is 9.07. The van der Waals surface area contributed by atoms with Crippen molar-refractivity contribution in [2.75, 3.05) is 17.7 Å². The molecule has 17 heavy (non-hydrogen) atoms. The highest BCUT2D eigenvalue weighted by Crippen LogP contribution is 2.24. The molecule has 1 atom stereocenters. The van der Waals surface area contributed by atoms with E-state index in [1.54, 1.807) is 0 Å². The van der Waals surface area contributed by atoms with Crippen molar-refractivity contribution in [3.05, 3.63) is 28.2 Å². The molecule has 2 N–H and O–H groups in total. The molecule has 0 aromatic heterocycles. The summed E-state index contributed by atoms with van der Waals surface area (Å²) in [6.07, 6.45) is 3.02. The van der Waals surface area contributed by atoms with Gasteiger partial charge in [-0.15, -0.1) is 11.6 Å². The van der Waals surface area contributed by atoms with E-state index in [1.807, 2.05) is 6.07 Å². The minimum Gasteiger partial charge on any atom is -0.390 e. The minimum atomic E-state index is -0.511. The van der Waals surface area contributed by atoms with Crippen LogP contribution in [0.4, 0.5) is 5.69 Å². The van der Waals surface area contributed by atoms with Crippen LogP contribution in [-0.2, 0) is 6.42 Å². The van der Waals surface area contributed by atoms with Gasteiger partial charge in [-0.3, -0.25) is 0 Å². The molecule has 0 radical (unpaired) electrons. The van der Waals surface area contributed by atoms with E-state index in [0.717, 1.165) is 16.6 Å². The fraction of sp³-hybridized carbons (Fsp3) is 0.538. The molecule has 1 aromatic carbocycles. The molecule has 0 amide bonds. The standard InChI is InChI=1S/C13H19BrClNO/c1-2-3-4-10-5-6-13(12(14)7-10)16-9-11(17)8-15/h5-7,11,16-17H,2-4,8-9H2,1H3. The van der Waals surface area contributed by atoms with Crippen molar-refractivity contribution in [3.63, 3.8) is 0 Å². The zero-order chi connectivity index (χ0) is 12.7. The molecule has 0 aliphatic carbocycles. The first-order valence-corrected chi connectivity index (χ1v) is 7.26. The summed E-state index contributed by atoms with van der Waals surface area (Å²) in [5.41, 5.74) is 2.33. The quantitative estimate of drug-likeness (QED) is 0.749. The second-order valence-electron chi connectivity index (χ2n) is 4.11. The van der Waals surface area contributed by atoms with Gasteiger partial charge >= 0.3 is 0 Å². The molecule has 1 rings (SSSR count). The highest BCUT2D eigenvalue weighted by Gasteiger charge is 2.04. The van der Waals surface area contributed by atoms with Crippen LogP contribution in [0.5, 0.6) is 0 Å². The van der Waals surface area contributed by atoms with Crippen LogP contribution >= 0.6 is 27.5 Å². The normalized spacial score (nSPS) is 12.5. The van der Waals surface area contributed by atoms with Gasteiger partial charge in [0.1, 0.15) is 0 Å². The summed E-state index contributed by atoms with van der Waals surface area (Å²) in [6.45, 7) is 2.66. The van der Waals surface area contributed by atoms with Crippen LogP contribution in [-0.4, -0.2) is 23.6 Å². The van der Waals surface area contributed by atoms with Crippen molar-refractivity contribution in [2.45, 2.75) is 32.3 Å². The Morgan fingerprint density at radius 2 is 2.24 bits per heavy atom.